The zero-order valence-electron chi connectivity index (χ0n) is 14.8. The second-order valence-corrected chi connectivity index (χ2v) is 7.21. The molecular formula is C22H29NO. The number of fused-ring (bicyclic) bond motifs is 1. The minimum atomic E-state index is 0.210. The maximum absolute atomic E-state index is 12.4. The van der Waals surface area contributed by atoms with Crippen molar-refractivity contribution in [1.82, 2.24) is 0 Å². The van der Waals surface area contributed by atoms with Gasteiger partial charge in [-0.3, -0.25) is 4.79 Å². The van der Waals surface area contributed by atoms with Gasteiger partial charge in [0, 0.05) is 11.6 Å². The van der Waals surface area contributed by atoms with Crippen LogP contribution in [0.4, 0.5) is 5.69 Å². The summed E-state index contributed by atoms with van der Waals surface area (Å²) in [6.07, 6.45) is 10.3. The van der Waals surface area contributed by atoms with Gasteiger partial charge in [0.2, 0.25) is 5.91 Å². The monoisotopic (exact) mass is 323 g/mol. The van der Waals surface area contributed by atoms with Crippen LogP contribution < -0.4 is 5.32 Å². The summed E-state index contributed by atoms with van der Waals surface area (Å²) >= 11 is 0. The van der Waals surface area contributed by atoms with Gasteiger partial charge < -0.3 is 5.32 Å². The molecule has 0 heterocycles. The molecule has 2 aromatic rings. The number of hydrogen-bond acceptors (Lipinski definition) is 1. The largest absolute Gasteiger partial charge is 0.326 e. The summed E-state index contributed by atoms with van der Waals surface area (Å²) in [6.45, 7) is 2.25. The van der Waals surface area contributed by atoms with Gasteiger partial charge in [-0.1, -0.05) is 75.8 Å². The fourth-order valence-electron chi connectivity index (χ4n) is 3.58. The quantitative estimate of drug-likeness (QED) is 0.550. The van der Waals surface area contributed by atoms with Crippen molar-refractivity contribution in [2.24, 2.45) is 11.8 Å². The Balaban J connectivity index is 1.41. The van der Waals surface area contributed by atoms with Crippen LogP contribution in [0.1, 0.15) is 58.3 Å². The van der Waals surface area contributed by atoms with Crippen molar-refractivity contribution in [3.8, 4) is 0 Å². The number of carbonyl (C=O) groups excluding carboxylic acids is 1. The van der Waals surface area contributed by atoms with Gasteiger partial charge in [-0.15, -0.1) is 0 Å². The van der Waals surface area contributed by atoms with E-state index in [4.69, 9.17) is 0 Å². The molecule has 2 nitrogen and oxygen atoms in total. The van der Waals surface area contributed by atoms with E-state index in [1.165, 1.54) is 55.7 Å². The molecule has 2 unspecified atom stereocenters. The van der Waals surface area contributed by atoms with Gasteiger partial charge in [0.25, 0.3) is 0 Å². The lowest BCUT2D eigenvalue weighted by molar-refractivity contribution is -0.117. The van der Waals surface area contributed by atoms with E-state index in [0.717, 1.165) is 12.1 Å². The number of rotatable bonds is 9. The highest BCUT2D eigenvalue weighted by molar-refractivity contribution is 5.96. The molecule has 2 aromatic carbocycles. The van der Waals surface area contributed by atoms with Crippen molar-refractivity contribution in [1.29, 1.82) is 0 Å². The normalized spacial score (nSPS) is 19.4. The smallest absolute Gasteiger partial charge is 0.227 e. The van der Waals surface area contributed by atoms with Gasteiger partial charge in [-0.25, -0.2) is 0 Å². The zero-order valence-corrected chi connectivity index (χ0v) is 14.8. The van der Waals surface area contributed by atoms with E-state index >= 15 is 0 Å². The Kier molecular flexibility index (Phi) is 5.90. The van der Waals surface area contributed by atoms with E-state index in [2.05, 4.69) is 36.5 Å². The number of nitrogens with one attached hydrogen (secondary N) is 1. The molecule has 1 fully saturated rings. The maximum Gasteiger partial charge on any atom is 0.227 e. The molecule has 0 radical (unpaired) electrons. The summed E-state index contributed by atoms with van der Waals surface area (Å²) in [7, 11) is 0. The van der Waals surface area contributed by atoms with E-state index < -0.39 is 0 Å². The van der Waals surface area contributed by atoms with Crippen molar-refractivity contribution >= 4 is 22.4 Å². The highest BCUT2D eigenvalue weighted by Crippen LogP contribution is 2.43. The molecule has 1 saturated carbocycles. The molecule has 2 heteroatoms. The van der Waals surface area contributed by atoms with E-state index in [9.17, 15) is 4.79 Å². The fourth-order valence-corrected chi connectivity index (χ4v) is 3.58. The van der Waals surface area contributed by atoms with Crippen LogP contribution in [0.15, 0.2) is 42.5 Å². The summed E-state index contributed by atoms with van der Waals surface area (Å²) in [5.74, 6) is 1.07. The first-order valence-electron chi connectivity index (χ1n) is 9.57. The zero-order chi connectivity index (χ0) is 16.8. The molecule has 24 heavy (non-hydrogen) atoms. The minimum Gasteiger partial charge on any atom is -0.326 e. The first kappa shape index (κ1) is 17.0. The summed E-state index contributed by atoms with van der Waals surface area (Å²) in [5.41, 5.74) is 0.920. The van der Waals surface area contributed by atoms with Crippen LogP contribution in [-0.4, -0.2) is 5.91 Å². The average molecular weight is 323 g/mol. The Morgan fingerprint density at radius 2 is 1.75 bits per heavy atom. The minimum absolute atomic E-state index is 0.210. The first-order valence-corrected chi connectivity index (χ1v) is 9.57. The second kappa shape index (κ2) is 8.32. The first-order chi connectivity index (χ1) is 11.8. The third-order valence-electron chi connectivity index (χ3n) is 5.20. The number of unbranched alkanes of at least 4 members (excludes halogenated alkanes) is 5. The van der Waals surface area contributed by atoms with Crippen molar-refractivity contribution in [2.45, 2.75) is 58.3 Å². The summed E-state index contributed by atoms with van der Waals surface area (Å²) in [5, 5.41) is 5.49. The Hall–Kier alpha value is -1.83. The molecule has 2 atom stereocenters. The summed E-state index contributed by atoms with van der Waals surface area (Å²) in [6, 6.07) is 14.4. The van der Waals surface area contributed by atoms with Gasteiger partial charge in [0.15, 0.2) is 0 Å². The number of amides is 1. The molecule has 0 aliphatic heterocycles. The number of carbonyl (C=O) groups is 1. The van der Waals surface area contributed by atoms with Crippen LogP contribution in [-0.2, 0) is 4.79 Å². The second-order valence-electron chi connectivity index (χ2n) is 7.21. The van der Waals surface area contributed by atoms with Gasteiger partial charge in [-0.05, 0) is 41.7 Å². The van der Waals surface area contributed by atoms with Crippen LogP contribution in [0.2, 0.25) is 0 Å². The molecule has 3 rings (SSSR count). The van der Waals surface area contributed by atoms with Gasteiger partial charge in [-0.2, -0.15) is 0 Å². The average Bonchev–Trinajstić information content (AvgIpc) is 3.38. The van der Waals surface area contributed by atoms with E-state index in [0.29, 0.717) is 5.92 Å². The molecule has 0 saturated heterocycles. The van der Waals surface area contributed by atoms with Crippen LogP contribution in [0, 0.1) is 11.8 Å². The lowest BCUT2D eigenvalue weighted by atomic mass is 10.1. The molecule has 128 valence electrons. The van der Waals surface area contributed by atoms with Crippen molar-refractivity contribution in [3.05, 3.63) is 42.5 Å². The van der Waals surface area contributed by atoms with E-state index in [1.807, 2.05) is 18.2 Å². The molecule has 0 bridgehead atoms. The molecule has 0 spiro atoms. The van der Waals surface area contributed by atoms with Crippen LogP contribution >= 0.6 is 0 Å². The standard InChI is InChI=1S/C22H29NO/c1-2-3-4-5-6-7-12-19-16-21(19)22(24)23-20-14-13-17-10-8-9-11-18(17)15-20/h8-11,13-15,19,21H,2-7,12,16H2,1H3,(H,23,24). The fraction of sp³-hybridized carbons (Fsp3) is 0.500. The Bertz CT molecular complexity index is 678. The molecule has 1 aliphatic rings. The van der Waals surface area contributed by atoms with Crippen LogP contribution in [0.25, 0.3) is 10.8 Å². The van der Waals surface area contributed by atoms with E-state index in [-0.39, 0.29) is 11.8 Å². The Morgan fingerprint density at radius 1 is 1.00 bits per heavy atom. The molecule has 0 aromatic heterocycles. The highest BCUT2D eigenvalue weighted by Gasteiger charge is 2.42. The number of hydrogen-bond donors (Lipinski definition) is 1. The lowest BCUT2D eigenvalue weighted by Crippen LogP contribution is -2.14. The van der Waals surface area contributed by atoms with Gasteiger partial charge in [0.1, 0.15) is 0 Å². The Morgan fingerprint density at radius 3 is 2.58 bits per heavy atom. The summed E-state index contributed by atoms with van der Waals surface area (Å²) in [4.78, 5) is 12.4. The highest BCUT2D eigenvalue weighted by atomic mass is 16.2. The number of anilines is 1. The van der Waals surface area contributed by atoms with Gasteiger partial charge in [0.05, 0.1) is 0 Å². The lowest BCUT2D eigenvalue weighted by Gasteiger charge is -2.06. The van der Waals surface area contributed by atoms with E-state index in [1.54, 1.807) is 0 Å². The number of benzene rings is 2. The maximum atomic E-state index is 12.4. The molecule has 1 amide bonds. The SMILES string of the molecule is CCCCCCCCC1CC1C(=O)Nc1ccc2ccccc2c1. The van der Waals surface area contributed by atoms with Crippen molar-refractivity contribution < 1.29 is 4.79 Å². The van der Waals surface area contributed by atoms with Crippen LogP contribution in [0.3, 0.4) is 0 Å². The molecular weight excluding hydrogens is 294 g/mol. The van der Waals surface area contributed by atoms with Crippen LogP contribution in [0.5, 0.6) is 0 Å². The summed E-state index contributed by atoms with van der Waals surface area (Å²) < 4.78 is 0. The van der Waals surface area contributed by atoms with Gasteiger partial charge >= 0.3 is 0 Å². The third kappa shape index (κ3) is 4.59. The van der Waals surface area contributed by atoms with Crippen molar-refractivity contribution in [2.75, 3.05) is 5.32 Å². The third-order valence-corrected chi connectivity index (χ3v) is 5.20. The van der Waals surface area contributed by atoms with Crippen molar-refractivity contribution in [3.63, 3.8) is 0 Å². The predicted octanol–water partition coefficient (Wildman–Crippen LogP) is 6.17. The molecule has 1 N–H and O–H groups in total. The predicted molar refractivity (Wildman–Crippen MR) is 102 cm³/mol. The topological polar surface area (TPSA) is 29.1 Å². The molecule has 1 aliphatic carbocycles. The Labute approximate surface area is 145 Å².